The van der Waals surface area contributed by atoms with Crippen LogP contribution in [0, 0.1) is 63.6 Å². The van der Waals surface area contributed by atoms with E-state index in [9.17, 15) is 5.26 Å². The highest BCUT2D eigenvalue weighted by Crippen LogP contribution is 2.74. The number of rotatable bonds is 0. The first kappa shape index (κ1) is 9.78. The molecule has 2 heteroatoms. The predicted molar refractivity (Wildman–Crippen MR) is 67.8 cm³/mol. The van der Waals surface area contributed by atoms with Crippen LogP contribution >= 0.6 is 0 Å². The van der Waals surface area contributed by atoms with Crippen LogP contribution in [-0.2, 0) is 0 Å². The van der Waals surface area contributed by atoms with Crippen molar-refractivity contribution in [2.24, 2.45) is 46.8 Å². The molecular weight excluding hydrogens is 220 g/mol. The maximum Gasteiger partial charge on any atom is 0.101 e. The third-order valence-electron chi connectivity index (χ3n) is 7.14. The number of nitriles is 1. The Balaban J connectivity index is 1.68. The van der Waals surface area contributed by atoms with Crippen LogP contribution in [-0.4, -0.2) is 5.71 Å². The summed E-state index contributed by atoms with van der Waals surface area (Å²) in [7, 11) is 0. The van der Waals surface area contributed by atoms with Gasteiger partial charge in [-0.1, -0.05) is 12.2 Å². The highest BCUT2D eigenvalue weighted by Gasteiger charge is 2.72. The van der Waals surface area contributed by atoms with Gasteiger partial charge in [-0.3, -0.25) is 0 Å². The molecule has 0 aromatic heterocycles. The van der Waals surface area contributed by atoms with Gasteiger partial charge in [-0.2, -0.15) is 5.26 Å². The van der Waals surface area contributed by atoms with Gasteiger partial charge in [0.2, 0.25) is 0 Å². The first-order chi connectivity index (χ1) is 8.77. The van der Waals surface area contributed by atoms with Crippen molar-refractivity contribution in [1.29, 1.82) is 10.7 Å². The highest BCUT2D eigenvalue weighted by atomic mass is 14.8. The molecular formula is C16H18N2. The average molecular weight is 238 g/mol. The van der Waals surface area contributed by atoms with Gasteiger partial charge in [-0.25, -0.2) is 0 Å². The number of hydrogen-bond donors (Lipinski definition) is 1. The summed E-state index contributed by atoms with van der Waals surface area (Å²) in [6.07, 6.45) is 9.51. The molecule has 0 spiro atoms. The van der Waals surface area contributed by atoms with Crippen LogP contribution in [0.15, 0.2) is 12.2 Å². The molecule has 0 aromatic carbocycles. The van der Waals surface area contributed by atoms with Gasteiger partial charge < -0.3 is 5.41 Å². The molecule has 4 bridgehead atoms. The van der Waals surface area contributed by atoms with E-state index in [0.717, 1.165) is 48.1 Å². The second kappa shape index (κ2) is 2.74. The van der Waals surface area contributed by atoms with Gasteiger partial charge in [0.1, 0.15) is 5.41 Å². The van der Waals surface area contributed by atoms with E-state index in [1.165, 1.54) is 12.8 Å². The van der Waals surface area contributed by atoms with Crippen molar-refractivity contribution in [3.8, 4) is 6.07 Å². The number of nitrogens with one attached hydrogen (secondary N) is 1. The predicted octanol–water partition coefficient (Wildman–Crippen LogP) is 3.01. The zero-order valence-electron chi connectivity index (χ0n) is 10.5. The standard InChI is InChI=1S/C16H18N2/c17-7-16-11(3-4-13(16)18)10-6-12(16)15-9-2-1-8(5-9)14(10)15/h1-2,8-12,14-15,18H,3-6H2/t8-,9-,10-,11-,12+,14+,15+,16+/m0/s1. The van der Waals surface area contributed by atoms with Crippen molar-refractivity contribution in [1.82, 2.24) is 0 Å². The molecule has 0 aromatic rings. The molecule has 0 aliphatic heterocycles. The second-order valence-corrected chi connectivity index (χ2v) is 7.21. The summed E-state index contributed by atoms with van der Waals surface area (Å²) in [4.78, 5) is 0. The lowest BCUT2D eigenvalue weighted by molar-refractivity contribution is 0.0932. The van der Waals surface area contributed by atoms with Crippen LogP contribution in [0.2, 0.25) is 0 Å². The molecule has 2 nitrogen and oxygen atoms in total. The number of allylic oxidation sites excluding steroid dienone is 2. The van der Waals surface area contributed by atoms with Gasteiger partial charge in [0, 0.05) is 5.71 Å². The Bertz CT molecular complexity index is 528. The van der Waals surface area contributed by atoms with Gasteiger partial charge >= 0.3 is 0 Å². The molecule has 4 saturated carbocycles. The summed E-state index contributed by atoms with van der Waals surface area (Å²) in [5.41, 5.74) is 0.456. The molecule has 0 radical (unpaired) electrons. The van der Waals surface area contributed by atoms with E-state index < -0.39 is 0 Å². The minimum atomic E-state index is -0.329. The zero-order valence-corrected chi connectivity index (χ0v) is 10.5. The first-order valence-electron chi connectivity index (χ1n) is 7.45. The minimum Gasteiger partial charge on any atom is -0.308 e. The molecule has 0 amide bonds. The van der Waals surface area contributed by atoms with E-state index in [1.54, 1.807) is 0 Å². The Hall–Kier alpha value is -1.10. The molecule has 1 N–H and O–H groups in total. The van der Waals surface area contributed by atoms with Crippen molar-refractivity contribution in [2.45, 2.75) is 25.7 Å². The molecule has 0 heterocycles. The Morgan fingerprint density at radius 3 is 2.72 bits per heavy atom. The second-order valence-electron chi connectivity index (χ2n) is 7.21. The molecule has 8 atom stereocenters. The van der Waals surface area contributed by atoms with Gasteiger partial charge in [0.25, 0.3) is 0 Å². The van der Waals surface area contributed by atoms with Crippen LogP contribution in [0.5, 0.6) is 0 Å². The molecule has 5 rings (SSSR count). The van der Waals surface area contributed by atoms with Gasteiger partial charge in [0.05, 0.1) is 6.07 Å². The Morgan fingerprint density at radius 1 is 1.17 bits per heavy atom. The fraction of sp³-hybridized carbons (Fsp3) is 0.750. The summed E-state index contributed by atoms with van der Waals surface area (Å²) in [5, 5.41) is 18.1. The Kier molecular flexibility index (Phi) is 1.49. The van der Waals surface area contributed by atoms with Gasteiger partial charge in [-0.05, 0) is 67.1 Å². The first-order valence-corrected chi connectivity index (χ1v) is 7.45. The van der Waals surface area contributed by atoms with Crippen LogP contribution in [0.4, 0.5) is 0 Å². The van der Waals surface area contributed by atoms with Crippen LogP contribution < -0.4 is 0 Å². The fourth-order valence-electron chi connectivity index (χ4n) is 6.84. The smallest absolute Gasteiger partial charge is 0.101 e. The Morgan fingerprint density at radius 2 is 1.94 bits per heavy atom. The van der Waals surface area contributed by atoms with E-state index in [0.29, 0.717) is 11.8 Å². The Labute approximate surface area is 108 Å². The number of nitrogens with zero attached hydrogens (tertiary/aromatic N) is 1. The average Bonchev–Trinajstić information content (AvgIpc) is 3.12. The maximum atomic E-state index is 9.80. The monoisotopic (exact) mass is 238 g/mol. The number of fused-ring (bicyclic) bond motifs is 12. The SMILES string of the molecule is N#C[C@@]12C(=N)CC[C@H]1[C@@H]1C[C@@H]2[C@@H]2[C@@H]1[C@H]1C=C[C@H]2C1. The van der Waals surface area contributed by atoms with Gasteiger partial charge in [-0.15, -0.1) is 0 Å². The van der Waals surface area contributed by atoms with Crippen LogP contribution in [0.3, 0.4) is 0 Å². The van der Waals surface area contributed by atoms with E-state index in [-0.39, 0.29) is 5.41 Å². The van der Waals surface area contributed by atoms with E-state index >= 15 is 0 Å². The summed E-state index contributed by atoms with van der Waals surface area (Å²) in [5.74, 6) is 5.02. The zero-order chi connectivity index (χ0) is 12.1. The lowest BCUT2D eigenvalue weighted by Gasteiger charge is -2.43. The third kappa shape index (κ3) is 0.751. The molecule has 18 heavy (non-hydrogen) atoms. The molecule has 0 unspecified atom stereocenters. The summed E-state index contributed by atoms with van der Waals surface area (Å²) >= 11 is 0. The highest BCUT2D eigenvalue weighted by molar-refractivity contribution is 5.93. The topological polar surface area (TPSA) is 47.6 Å². The van der Waals surface area contributed by atoms with E-state index in [2.05, 4.69) is 18.2 Å². The lowest BCUT2D eigenvalue weighted by Crippen LogP contribution is -2.45. The summed E-state index contributed by atoms with van der Waals surface area (Å²) in [6.45, 7) is 0. The molecule has 0 saturated heterocycles. The molecule has 92 valence electrons. The lowest BCUT2D eigenvalue weighted by atomic mass is 9.58. The van der Waals surface area contributed by atoms with Crippen molar-refractivity contribution < 1.29 is 0 Å². The quantitative estimate of drug-likeness (QED) is 0.512. The maximum absolute atomic E-state index is 9.80. The van der Waals surface area contributed by atoms with E-state index in [4.69, 9.17) is 5.41 Å². The van der Waals surface area contributed by atoms with E-state index in [1.807, 2.05) is 0 Å². The molecule has 5 aliphatic carbocycles. The molecule has 4 fully saturated rings. The third-order valence-corrected chi connectivity index (χ3v) is 7.14. The number of hydrogen-bond acceptors (Lipinski definition) is 2. The summed E-state index contributed by atoms with van der Waals surface area (Å²) in [6, 6.07) is 2.64. The fourth-order valence-corrected chi connectivity index (χ4v) is 6.84. The van der Waals surface area contributed by atoms with Crippen molar-refractivity contribution in [3.63, 3.8) is 0 Å². The van der Waals surface area contributed by atoms with Crippen LogP contribution in [0.1, 0.15) is 25.7 Å². The molecule has 5 aliphatic rings. The summed E-state index contributed by atoms with van der Waals surface area (Å²) < 4.78 is 0. The van der Waals surface area contributed by atoms with Crippen molar-refractivity contribution >= 4 is 5.71 Å². The van der Waals surface area contributed by atoms with Crippen LogP contribution in [0.25, 0.3) is 0 Å². The minimum absolute atomic E-state index is 0.329. The van der Waals surface area contributed by atoms with Crippen molar-refractivity contribution in [2.75, 3.05) is 0 Å². The normalized spacial score (nSPS) is 62.2. The van der Waals surface area contributed by atoms with Gasteiger partial charge in [0.15, 0.2) is 0 Å². The van der Waals surface area contributed by atoms with Crippen molar-refractivity contribution in [3.05, 3.63) is 12.2 Å². The largest absolute Gasteiger partial charge is 0.308 e.